The summed E-state index contributed by atoms with van der Waals surface area (Å²) < 4.78 is 11.8. The number of para-hydroxylation sites is 1. The minimum absolute atomic E-state index is 0.185. The summed E-state index contributed by atoms with van der Waals surface area (Å²) >= 11 is 12.3. The molecule has 0 atom stereocenters. The van der Waals surface area contributed by atoms with Crippen molar-refractivity contribution in [3.63, 3.8) is 0 Å². The van der Waals surface area contributed by atoms with Gasteiger partial charge in [-0.1, -0.05) is 53.5 Å². The Morgan fingerprint density at radius 3 is 2.51 bits per heavy atom. The van der Waals surface area contributed by atoms with Crippen LogP contribution >= 0.6 is 23.2 Å². The summed E-state index contributed by atoms with van der Waals surface area (Å²) in [5.74, 6) is 0.950. The van der Waals surface area contributed by atoms with E-state index in [0.29, 0.717) is 39.2 Å². The Morgan fingerprint density at radius 1 is 1.06 bits per heavy atom. The highest BCUT2D eigenvalue weighted by atomic mass is 35.5. The third-order valence-electron chi connectivity index (χ3n) is 5.50. The Labute approximate surface area is 214 Å². The van der Waals surface area contributed by atoms with Gasteiger partial charge in [0.1, 0.15) is 6.61 Å². The van der Waals surface area contributed by atoms with Gasteiger partial charge in [0.05, 0.1) is 24.1 Å². The monoisotopic (exact) mass is 506 g/mol. The summed E-state index contributed by atoms with van der Waals surface area (Å²) in [7, 11) is 1.58. The van der Waals surface area contributed by atoms with Crippen molar-refractivity contribution in [1.82, 2.24) is 0 Å². The fourth-order valence-corrected chi connectivity index (χ4v) is 4.24. The fourth-order valence-electron chi connectivity index (χ4n) is 3.77. The topological polar surface area (TPSA) is 51.1 Å². The third kappa shape index (κ3) is 5.42. The predicted octanol–water partition coefficient (Wildman–Crippen LogP) is 7.12. The standard InChI is InChI=1S/C28H24Cl2N2O3/c1-4-8-20-13-19(14-24-18(2)31-32(28(24)33)23-9-6-5-7-10-23)15-26(34-3)27(20)35-17-21-11-12-22(29)16-25(21)30/h4-7,9-16H,1,8,17H2,2-3H3/b24-14+. The highest BCUT2D eigenvalue weighted by Crippen LogP contribution is 2.36. The number of ether oxygens (including phenoxy) is 2. The van der Waals surface area contributed by atoms with Crippen molar-refractivity contribution in [2.45, 2.75) is 20.0 Å². The molecular weight excluding hydrogens is 483 g/mol. The van der Waals surface area contributed by atoms with Crippen molar-refractivity contribution >= 4 is 46.6 Å². The number of hydrogen-bond acceptors (Lipinski definition) is 4. The molecule has 5 nitrogen and oxygen atoms in total. The van der Waals surface area contributed by atoms with Gasteiger partial charge in [-0.25, -0.2) is 0 Å². The summed E-state index contributed by atoms with van der Waals surface area (Å²) in [6, 6.07) is 18.4. The number of amides is 1. The van der Waals surface area contributed by atoms with E-state index in [2.05, 4.69) is 11.7 Å². The zero-order chi connectivity index (χ0) is 24.9. The van der Waals surface area contributed by atoms with Gasteiger partial charge in [-0.2, -0.15) is 10.1 Å². The Hall–Kier alpha value is -3.54. The maximum atomic E-state index is 13.1. The number of benzene rings is 3. The Morgan fingerprint density at radius 2 is 1.83 bits per heavy atom. The van der Waals surface area contributed by atoms with E-state index >= 15 is 0 Å². The average molecular weight is 507 g/mol. The second-order valence-corrected chi connectivity index (χ2v) is 8.77. The molecule has 0 unspecified atom stereocenters. The van der Waals surface area contributed by atoms with Crippen molar-refractivity contribution in [2.24, 2.45) is 5.10 Å². The number of hydrogen-bond donors (Lipinski definition) is 0. The minimum Gasteiger partial charge on any atom is -0.493 e. The summed E-state index contributed by atoms with van der Waals surface area (Å²) in [5.41, 5.74) is 4.34. The maximum absolute atomic E-state index is 13.1. The van der Waals surface area contributed by atoms with Crippen LogP contribution in [0.15, 0.2) is 84.0 Å². The molecule has 3 aromatic rings. The number of carbonyl (C=O) groups is 1. The lowest BCUT2D eigenvalue weighted by atomic mass is 10.0. The summed E-state index contributed by atoms with van der Waals surface area (Å²) in [4.78, 5) is 13.1. The zero-order valence-corrected chi connectivity index (χ0v) is 20.9. The van der Waals surface area contributed by atoms with Crippen LogP contribution in [0.3, 0.4) is 0 Å². The quantitative estimate of drug-likeness (QED) is 0.241. The minimum atomic E-state index is -0.185. The average Bonchev–Trinajstić information content (AvgIpc) is 3.13. The maximum Gasteiger partial charge on any atom is 0.280 e. The Balaban J connectivity index is 1.66. The Kier molecular flexibility index (Phi) is 7.59. The molecule has 35 heavy (non-hydrogen) atoms. The molecule has 178 valence electrons. The van der Waals surface area contributed by atoms with Crippen molar-refractivity contribution in [3.8, 4) is 11.5 Å². The molecule has 7 heteroatoms. The van der Waals surface area contributed by atoms with Crippen LogP contribution in [0.2, 0.25) is 10.0 Å². The van der Waals surface area contributed by atoms with E-state index in [4.69, 9.17) is 32.7 Å². The highest BCUT2D eigenvalue weighted by Gasteiger charge is 2.28. The van der Waals surface area contributed by atoms with E-state index in [1.807, 2.05) is 61.5 Å². The Bertz CT molecular complexity index is 1330. The molecule has 4 rings (SSSR count). The predicted molar refractivity (Wildman–Crippen MR) is 143 cm³/mol. The molecule has 0 aliphatic carbocycles. The SMILES string of the molecule is C=CCc1cc(/C=C2/C(=O)N(c3ccccc3)N=C2C)cc(OC)c1OCc1ccc(Cl)cc1Cl. The molecular formula is C28H24Cl2N2O3. The van der Waals surface area contributed by atoms with Crippen LogP contribution in [-0.2, 0) is 17.8 Å². The van der Waals surface area contributed by atoms with E-state index in [9.17, 15) is 4.79 Å². The third-order valence-corrected chi connectivity index (χ3v) is 6.09. The van der Waals surface area contributed by atoms with Gasteiger partial charge in [0, 0.05) is 21.2 Å². The number of allylic oxidation sites excluding steroid dienone is 1. The van der Waals surface area contributed by atoms with Crippen molar-refractivity contribution in [2.75, 3.05) is 12.1 Å². The molecule has 0 radical (unpaired) electrons. The molecule has 3 aromatic carbocycles. The van der Waals surface area contributed by atoms with Gasteiger partial charge >= 0.3 is 0 Å². The molecule has 0 spiro atoms. The lowest BCUT2D eigenvalue weighted by Gasteiger charge is -2.17. The van der Waals surface area contributed by atoms with Crippen molar-refractivity contribution in [1.29, 1.82) is 0 Å². The summed E-state index contributed by atoms with van der Waals surface area (Å²) in [6.45, 7) is 5.93. The fraction of sp³-hybridized carbons (Fsp3) is 0.143. The lowest BCUT2D eigenvalue weighted by molar-refractivity contribution is -0.114. The molecule has 1 amide bonds. The first kappa shape index (κ1) is 24.6. The van der Waals surface area contributed by atoms with Crippen LogP contribution in [0.25, 0.3) is 6.08 Å². The van der Waals surface area contributed by atoms with Crippen LogP contribution in [0, 0.1) is 0 Å². The largest absolute Gasteiger partial charge is 0.493 e. The first-order chi connectivity index (χ1) is 16.9. The number of rotatable bonds is 8. The molecule has 0 saturated heterocycles. The van der Waals surface area contributed by atoms with E-state index in [1.54, 1.807) is 25.3 Å². The highest BCUT2D eigenvalue weighted by molar-refractivity contribution is 6.35. The number of halogens is 2. The second kappa shape index (κ2) is 10.8. The normalized spacial score (nSPS) is 14.3. The van der Waals surface area contributed by atoms with Gasteiger partial charge in [-0.3, -0.25) is 4.79 Å². The number of methoxy groups -OCH3 is 1. The number of anilines is 1. The van der Waals surface area contributed by atoms with E-state index < -0.39 is 0 Å². The molecule has 0 saturated carbocycles. The molecule has 1 aliphatic heterocycles. The molecule has 1 heterocycles. The van der Waals surface area contributed by atoms with E-state index in [-0.39, 0.29) is 12.5 Å². The van der Waals surface area contributed by atoms with E-state index in [0.717, 1.165) is 22.4 Å². The summed E-state index contributed by atoms with van der Waals surface area (Å²) in [6.07, 6.45) is 4.16. The summed E-state index contributed by atoms with van der Waals surface area (Å²) in [5, 5.41) is 6.96. The molecule has 0 fully saturated rings. The van der Waals surface area contributed by atoms with Gasteiger partial charge in [-0.15, -0.1) is 6.58 Å². The molecule has 1 aliphatic rings. The van der Waals surface area contributed by atoms with Gasteiger partial charge in [0.2, 0.25) is 0 Å². The number of nitrogens with zero attached hydrogens (tertiary/aromatic N) is 2. The van der Waals surface area contributed by atoms with Crippen LogP contribution in [0.4, 0.5) is 5.69 Å². The van der Waals surface area contributed by atoms with E-state index in [1.165, 1.54) is 5.01 Å². The van der Waals surface area contributed by atoms with Gasteiger partial charge in [0.25, 0.3) is 5.91 Å². The van der Waals surface area contributed by atoms with Crippen LogP contribution in [0.1, 0.15) is 23.6 Å². The second-order valence-electron chi connectivity index (χ2n) is 7.92. The first-order valence-electron chi connectivity index (χ1n) is 11.0. The smallest absolute Gasteiger partial charge is 0.280 e. The number of carbonyl (C=O) groups excluding carboxylic acids is 1. The zero-order valence-electron chi connectivity index (χ0n) is 19.4. The molecule has 0 aromatic heterocycles. The van der Waals surface area contributed by atoms with Crippen LogP contribution in [-0.4, -0.2) is 18.7 Å². The number of hydrazone groups is 1. The lowest BCUT2D eigenvalue weighted by Crippen LogP contribution is -2.21. The first-order valence-corrected chi connectivity index (χ1v) is 11.7. The van der Waals surface area contributed by atoms with Crippen molar-refractivity contribution in [3.05, 3.63) is 106 Å². The molecule has 0 N–H and O–H groups in total. The van der Waals surface area contributed by atoms with Crippen molar-refractivity contribution < 1.29 is 14.3 Å². The van der Waals surface area contributed by atoms with Gasteiger partial charge in [0.15, 0.2) is 11.5 Å². The van der Waals surface area contributed by atoms with Crippen LogP contribution in [0.5, 0.6) is 11.5 Å². The van der Waals surface area contributed by atoms with Gasteiger partial charge < -0.3 is 9.47 Å². The van der Waals surface area contributed by atoms with Crippen LogP contribution < -0.4 is 14.5 Å². The molecule has 0 bridgehead atoms. The van der Waals surface area contributed by atoms with Gasteiger partial charge in [-0.05, 0) is 61.4 Å².